The van der Waals surface area contributed by atoms with Gasteiger partial charge < -0.3 is 10.6 Å². The SMILES string of the molecule is O=C(Cc1ccccc1)Nc1nnc(CCS(=O)(=O)CCc2nnc(NC(=O)Cc3ccccc3)s2)s1. The molecule has 2 amide bonds. The lowest BCUT2D eigenvalue weighted by atomic mass is 10.1. The minimum Gasteiger partial charge on any atom is -0.300 e. The van der Waals surface area contributed by atoms with Gasteiger partial charge >= 0.3 is 0 Å². The smallest absolute Gasteiger partial charge is 0.230 e. The summed E-state index contributed by atoms with van der Waals surface area (Å²) >= 11 is 2.31. The summed E-state index contributed by atoms with van der Waals surface area (Å²) in [7, 11) is -3.38. The number of anilines is 2. The molecular weight excluding hydrogens is 533 g/mol. The van der Waals surface area contributed by atoms with Gasteiger partial charge in [0, 0.05) is 12.8 Å². The molecule has 0 saturated carbocycles. The molecule has 0 bridgehead atoms. The Bertz CT molecular complexity index is 1340. The lowest BCUT2D eigenvalue weighted by Gasteiger charge is -2.02. The van der Waals surface area contributed by atoms with E-state index in [9.17, 15) is 18.0 Å². The predicted octanol–water partition coefficient (Wildman–Crippen LogP) is 2.95. The first-order valence-electron chi connectivity index (χ1n) is 11.4. The average molecular weight is 557 g/mol. The summed E-state index contributed by atoms with van der Waals surface area (Å²) in [5, 5.41) is 23.0. The van der Waals surface area contributed by atoms with Crippen molar-refractivity contribution in [2.24, 2.45) is 0 Å². The average Bonchev–Trinajstić information content (AvgIpc) is 3.52. The number of amides is 2. The Morgan fingerprint density at radius 3 is 1.46 bits per heavy atom. The second-order valence-electron chi connectivity index (χ2n) is 8.07. The lowest BCUT2D eigenvalue weighted by molar-refractivity contribution is -0.116. The number of aromatic nitrogens is 4. The molecule has 4 rings (SSSR count). The Hall–Kier alpha value is -3.55. The maximum absolute atomic E-state index is 12.5. The number of rotatable bonds is 12. The lowest BCUT2D eigenvalue weighted by Crippen LogP contribution is -2.14. The van der Waals surface area contributed by atoms with Crippen molar-refractivity contribution in [2.45, 2.75) is 25.7 Å². The van der Waals surface area contributed by atoms with Crippen molar-refractivity contribution < 1.29 is 18.0 Å². The monoisotopic (exact) mass is 556 g/mol. The van der Waals surface area contributed by atoms with Crippen LogP contribution >= 0.6 is 22.7 Å². The van der Waals surface area contributed by atoms with Gasteiger partial charge in [-0.2, -0.15) is 0 Å². The van der Waals surface area contributed by atoms with Crippen molar-refractivity contribution in [3.05, 3.63) is 81.8 Å². The first kappa shape index (κ1) is 26.5. The van der Waals surface area contributed by atoms with Crippen LogP contribution in [-0.2, 0) is 45.1 Å². The quantitative estimate of drug-likeness (QED) is 0.271. The van der Waals surface area contributed by atoms with Gasteiger partial charge in [0.2, 0.25) is 22.1 Å². The summed E-state index contributed by atoms with van der Waals surface area (Å²) < 4.78 is 25.1. The topological polar surface area (TPSA) is 144 Å². The molecule has 0 atom stereocenters. The van der Waals surface area contributed by atoms with Gasteiger partial charge in [-0.25, -0.2) is 8.42 Å². The van der Waals surface area contributed by atoms with Crippen molar-refractivity contribution in [3.63, 3.8) is 0 Å². The third kappa shape index (κ3) is 8.81. The molecule has 0 aliphatic carbocycles. The molecule has 0 aliphatic rings. The second-order valence-corrected chi connectivity index (χ2v) is 12.5. The molecule has 37 heavy (non-hydrogen) atoms. The number of aryl methyl sites for hydroxylation is 2. The minimum absolute atomic E-state index is 0.0981. The Morgan fingerprint density at radius 2 is 1.05 bits per heavy atom. The number of nitrogens with zero attached hydrogens (tertiary/aromatic N) is 4. The molecular formula is C24H24N6O4S3. The first-order chi connectivity index (χ1) is 17.8. The number of carbonyl (C=O) groups excluding carboxylic acids is 2. The van der Waals surface area contributed by atoms with Crippen LogP contribution in [0.5, 0.6) is 0 Å². The molecule has 2 N–H and O–H groups in total. The number of nitrogens with one attached hydrogen (secondary N) is 2. The highest BCUT2D eigenvalue weighted by Gasteiger charge is 2.17. The zero-order valence-electron chi connectivity index (χ0n) is 19.7. The molecule has 0 unspecified atom stereocenters. The zero-order valence-corrected chi connectivity index (χ0v) is 22.1. The van der Waals surface area contributed by atoms with Gasteiger partial charge in [0.15, 0.2) is 9.84 Å². The van der Waals surface area contributed by atoms with E-state index < -0.39 is 9.84 Å². The van der Waals surface area contributed by atoms with Gasteiger partial charge in [0.1, 0.15) is 10.0 Å². The normalized spacial score (nSPS) is 11.2. The number of sulfone groups is 1. The number of hydrogen-bond donors (Lipinski definition) is 2. The molecule has 2 heterocycles. The zero-order chi connectivity index (χ0) is 26.1. The molecule has 0 fully saturated rings. The van der Waals surface area contributed by atoms with Crippen molar-refractivity contribution in [1.29, 1.82) is 0 Å². The van der Waals surface area contributed by atoms with E-state index in [0.29, 0.717) is 20.3 Å². The summed E-state index contributed by atoms with van der Waals surface area (Å²) in [6.07, 6.45) is 0.833. The standard InChI is InChI=1S/C24H24N6O4S3/c31-19(15-17-7-3-1-4-8-17)25-23-29-27-21(35-23)11-13-37(33,34)14-12-22-28-30-24(36-22)26-20(32)16-18-9-5-2-6-10-18/h1-10H,11-16H2,(H,25,29,31)(H,26,30,32). The Labute approximate surface area is 222 Å². The summed E-state index contributed by atoms with van der Waals surface area (Å²) in [5.41, 5.74) is 1.76. The van der Waals surface area contributed by atoms with E-state index in [1.54, 1.807) is 0 Å². The second kappa shape index (κ2) is 12.6. The molecule has 0 radical (unpaired) electrons. The molecule has 13 heteroatoms. The molecule has 0 spiro atoms. The molecule has 2 aromatic carbocycles. The highest BCUT2D eigenvalue weighted by atomic mass is 32.2. The van der Waals surface area contributed by atoms with Crippen LogP contribution in [0.15, 0.2) is 60.7 Å². The van der Waals surface area contributed by atoms with Crippen molar-refractivity contribution in [3.8, 4) is 0 Å². The van der Waals surface area contributed by atoms with Crippen molar-refractivity contribution in [1.82, 2.24) is 20.4 Å². The van der Waals surface area contributed by atoms with Gasteiger partial charge in [-0.3, -0.25) is 9.59 Å². The van der Waals surface area contributed by atoms with E-state index in [2.05, 4.69) is 31.0 Å². The molecule has 10 nitrogen and oxygen atoms in total. The van der Waals surface area contributed by atoms with E-state index in [4.69, 9.17) is 0 Å². The maximum atomic E-state index is 12.5. The Balaban J connectivity index is 1.20. The largest absolute Gasteiger partial charge is 0.300 e. The predicted molar refractivity (Wildman–Crippen MR) is 143 cm³/mol. The van der Waals surface area contributed by atoms with E-state index >= 15 is 0 Å². The fraction of sp³-hybridized carbons (Fsp3) is 0.250. The fourth-order valence-corrected chi connectivity index (χ4v) is 6.27. The Kier molecular flexibility index (Phi) is 9.04. The van der Waals surface area contributed by atoms with E-state index in [1.807, 2.05) is 60.7 Å². The van der Waals surface area contributed by atoms with Crippen molar-refractivity contribution >= 4 is 54.6 Å². The molecule has 0 aliphatic heterocycles. The third-order valence-corrected chi connectivity index (χ3v) is 8.54. The highest BCUT2D eigenvalue weighted by Crippen LogP contribution is 2.19. The summed E-state index contributed by atoms with van der Waals surface area (Å²) in [4.78, 5) is 24.3. The van der Waals surface area contributed by atoms with Crippen LogP contribution in [0.25, 0.3) is 0 Å². The first-order valence-corrected chi connectivity index (χ1v) is 14.8. The van der Waals surface area contributed by atoms with Crippen LogP contribution in [-0.4, -0.2) is 52.1 Å². The van der Waals surface area contributed by atoms with Crippen molar-refractivity contribution in [2.75, 3.05) is 22.1 Å². The molecule has 0 saturated heterocycles. The summed E-state index contributed by atoms with van der Waals surface area (Å²) in [5.74, 6) is -0.624. The number of hydrogen-bond acceptors (Lipinski definition) is 10. The van der Waals surface area contributed by atoms with Crippen LogP contribution in [0.4, 0.5) is 10.3 Å². The molecule has 2 aromatic heterocycles. The van der Waals surface area contributed by atoms with Crippen LogP contribution in [0.2, 0.25) is 0 Å². The maximum Gasteiger partial charge on any atom is 0.230 e. The molecule has 4 aromatic rings. The van der Waals surface area contributed by atoms with Gasteiger partial charge in [-0.15, -0.1) is 20.4 Å². The third-order valence-electron chi connectivity index (χ3n) is 5.10. The van der Waals surface area contributed by atoms with Gasteiger partial charge in [-0.1, -0.05) is 83.3 Å². The summed E-state index contributed by atoms with van der Waals surface area (Å²) in [6, 6.07) is 18.7. The van der Waals surface area contributed by atoms with E-state index in [-0.39, 0.29) is 49.0 Å². The number of carbonyl (C=O) groups is 2. The van der Waals surface area contributed by atoms with Gasteiger partial charge in [0.25, 0.3) is 0 Å². The Morgan fingerprint density at radius 1 is 0.649 bits per heavy atom. The van der Waals surface area contributed by atoms with Gasteiger partial charge in [-0.05, 0) is 11.1 Å². The van der Waals surface area contributed by atoms with Crippen LogP contribution in [0.3, 0.4) is 0 Å². The van der Waals surface area contributed by atoms with E-state index in [1.165, 1.54) is 0 Å². The van der Waals surface area contributed by atoms with Gasteiger partial charge in [0.05, 0.1) is 24.3 Å². The molecule has 192 valence electrons. The summed E-state index contributed by atoms with van der Waals surface area (Å²) in [6.45, 7) is 0. The minimum atomic E-state index is -3.38. The van der Waals surface area contributed by atoms with E-state index in [0.717, 1.165) is 33.8 Å². The number of benzene rings is 2. The van der Waals surface area contributed by atoms with Crippen LogP contribution in [0.1, 0.15) is 21.1 Å². The van der Waals surface area contributed by atoms with Crippen LogP contribution < -0.4 is 10.6 Å². The fourth-order valence-electron chi connectivity index (χ4n) is 3.29. The highest BCUT2D eigenvalue weighted by molar-refractivity contribution is 7.91. The van der Waals surface area contributed by atoms with Crippen LogP contribution in [0, 0.1) is 0 Å².